The third kappa shape index (κ3) is 3.08. The second kappa shape index (κ2) is 6.05. The van der Waals surface area contributed by atoms with Crippen LogP contribution in [0.4, 0.5) is 0 Å². The first kappa shape index (κ1) is 13.2. The highest BCUT2D eigenvalue weighted by atomic mass is 28.3. The Balaban J connectivity index is 2.91. The monoisotopic (exact) mass is 232 g/mol. The van der Waals surface area contributed by atoms with Crippen LogP contribution >= 0.6 is 0 Å². The molecule has 1 heteroatoms. The molecule has 0 atom stereocenters. The fraction of sp³-hybridized carbons (Fsp3) is 0.467. The molecule has 0 N–H and O–H groups in total. The molecular formula is C15H24Si. The summed E-state index contributed by atoms with van der Waals surface area (Å²) in [5, 5.41) is 0. The molecule has 0 aliphatic heterocycles. The van der Waals surface area contributed by atoms with E-state index in [1.54, 1.807) is 0 Å². The Morgan fingerprint density at radius 3 is 2.06 bits per heavy atom. The maximum Gasteiger partial charge on any atom is 0.0770 e. The van der Waals surface area contributed by atoms with Crippen molar-refractivity contribution in [2.75, 3.05) is 0 Å². The minimum Gasteiger partial charge on any atom is -0.0936 e. The lowest BCUT2D eigenvalue weighted by atomic mass is 10.1. The van der Waals surface area contributed by atoms with Crippen molar-refractivity contribution in [3.63, 3.8) is 0 Å². The number of hydrogen-bond donors (Lipinski definition) is 0. The van der Waals surface area contributed by atoms with Crippen LogP contribution in [0.15, 0.2) is 30.0 Å². The van der Waals surface area contributed by atoms with Crippen LogP contribution < -0.4 is 0 Å². The molecule has 0 aliphatic rings. The summed E-state index contributed by atoms with van der Waals surface area (Å²) in [6.45, 7) is 9.23. The van der Waals surface area contributed by atoms with Crippen LogP contribution in [0.3, 0.4) is 0 Å². The highest BCUT2D eigenvalue weighted by Crippen LogP contribution is 2.23. The van der Waals surface area contributed by atoms with Gasteiger partial charge in [-0.15, -0.1) is 0 Å². The highest BCUT2D eigenvalue weighted by molar-refractivity contribution is 6.84. The van der Waals surface area contributed by atoms with E-state index < -0.39 is 8.07 Å². The van der Waals surface area contributed by atoms with Crippen molar-refractivity contribution in [3.05, 3.63) is 41.1 Å². The average Bonchev–Trinajstić information content (AvgIpc) is 2.34. The molecule has 16 heavy (non-hydrogen) atoms. The van der Waals surface area contributed by atoms with Gasteiger partial charge in [0.1, 0.15) is 0 Å². The van der Waals surface area contributed by atoms with Gasteiger partial charge in [0.05, 0.1) is 8.07 Å². The molecular weight excluding hydrogens is 208 g/mol. The van der Waals surface area contributed by atoms with Gasteiger partial charge in [-0.25, -0.2) is 0 Å². The third-order valence-electron chi connectivity index (χ3n) is 3.92. The van der Waals surface area contributed by atoms with E-state index in [0.717, 1.165) is 0 Å². The van der Waals surface area contributed by atoms with Crippen molar-refractivity contribution >= 4 is 14.1 Å². The first-order valence-corrected chi connectivity index (χ1v) is 9.12. The summed E-state index contributed by atoms with van der Waals surface area (Å²) in [7, 11) is -1.10. The molecule has 0 aromatic heterocycles. The molecule has 0 fully saturated rings. The Kier molecular flexibility index (Phi) is 5.00. The van der Waals surface area contributed by atoms with Gasteiger partial charge in [0, 0.05) is 0 Å². The first-order chi connectivity index (χ1) is 7.67. The Morgan fingerprint density at radius 2 is 1.56 bits per heavy atom. The minimum atomic E-state index is -1.10. The first-order valence-electron chi connectivity index (χ1n) is 6.42. The number of benzene rings is 1. The summed E-state index contributed by atoms with van der Waals surface area (Å²) in [5.74, 6) is 0. The van der Waals surface area contributed by atoms with Crippen LogP contribution in [0, 0.1) is 6.92 Å². The van der Waals surface area contributed by atoms with Crippen LogP contribution in [0.25, 0.3) is 6.08 Å². The lowest BCUT2D eigenvalue weighted by Crippen LogP contribution is -2.28. The van der Waals surface area contributed by atoms with Crippen molar-refractivity contribution in [2.24, 2.45) is 0 Å². The Morgan fingerprint density at radius 1 is 1.00 bits per heavy atom. The normalized spacial score (nSPS) is 12.2. The summed E-state index contributed by atoms with van der Waals surface area (Å²) >= 11 is 0. The predicted octanol–water partition coefficient (Wildman–Crippen LogP) is 5.06. The second-order valence-corrected chi connectivity index (χ2v) is 9.79. The molecule has 0 unspecified atom stereocenters. The SMILES string of the molecule is CC[Si](/C=C/c1ccccc1C)(CC)CC. The molecule has 0 saturated carbocycles. The van der Waals surface area contributed by atoms with E-state index in [2.05, 4.69) is 63.7 Å². The fourth-order valence-electron chi connectivity index (χ4n) is 2.14. The van der Waals surface area contributed by atoms with E-state index in [0.29, 0.717) is 0 Å². The Bertz CT molecular complexity index is 340. The summed E-state index contributed by atoms with van der Waals surface area (Å²) in [4.78, 5) is 0. The van der Waals surface area contributed by atoms with E-state index in [9.17, 15) is 0 Å². The van der Waals surface area contributed by atoms with Gasteiger partial charge in [0.15, 0.2) is 0 Å². The van der Waals surface area contributed by atoms with Crippen LogP contribution in [0.2, 0.25) is 18.1 Å². The van der Waals surface area contributed by atoms with Crippen LogP contribution in [-0.2, 0) is 0 Å². The van der Waals surface area contributed by atoms with Crippen molar-refractivity contribution in [1.29, 1.82) is 0 Å². The van der Waals surface area contributed by atoms with Gasteiger partial charge in [-0.3, -0.25) is 0 Å². The predicted molar refractivity (Wildman–Crippen MR) is 77.4 cm³/mol. The fourth-order valence-corrected chi connectivity index (χ4v) is 4.88. The zero-order valence-corrected chi connectivity index (χ0v) is 12.1. The molecule has 0 amide bonds. The number of rotatable bonds is 5. The number of hydrogen-bond acceptors (Lipinski definition) is 0. The highest BCUT2D eigenvalue weighted by Gasteiger charge is 2.22. The van der Waals surface area contributed by atoms with Crippen LogP contribution in [0.5, 0.6) is 0 Å². The summed E-state index contributed by atoms with van der Waals surface area (Å²) < 4.78 is 0. The van der Waals surface area contributed by atoms with Crippen LogP contribution in [0.1, 0.15) is 31.9 Å². The van der Waals surface area contributed by atoms with Crippen molar-refractivity contribution in [3.8, 4) is 0 Å². The average molecular weight is 232 g/mol. The summed E-state index contributed by atoms with van der Waals surface area (Å²) in [5.41, 5.74) is 5.31. The van der Waals surface area contributed by atoms with E-state index in [1.165, 1.54) is 29.3 Å². The molecule has 1 aromatic carbocycles. The van der Waals surface area contributed by atoms with Gasteiger partial charge in [0.25, 0.3) is 0 Å². The number of aryl methyl sites for hydroxylation is 1. The molecule has 88 valence electrons. The zero-order valence-electron chi connectivity index (χ0n) is 11.1. The largest absolute Gasteiger partial charge is 0.0936 e. The van der Waals surface area contributed by atoms with Gasteiger partial charge in [-0.05, 0) is 18.1 Å². The van der Waals surface area contributed by atoms with E-state index in [-0.39, 0.29) is 0 Å². The molecule has 0 bridgehead atoms. The zero-order chi connectivity index (χ0) is 12.0. The molecule has 0 saturated heterocycles. The van der Waals surface area contributed by atoms with Gasteiger partial charge < -0.3 is 0 Å². The van der Waals surface area contributed by atoms with Crippen molar-refractivity contribution in [2.45, 2.75) is 45.8 Å². The third-order valence-corrected chi connectivity index (χ3v) is 9.02. The lowest BCUT2D eigenvalue weighted by molar-refractivity contribution is 1.20. The van der Waals surface area contributed by atoms with Crippen molar-refractivity contribution < 1.29 is 0 Å². The van der Waals surface area contributed by atoms with Gasteiger partial charge in [-0.2, -0.15) is 0 Å². The molecule has 1 aromatic rings. The van der Waals surface area contributed by atoms with E-state index in [4.69, 9.17) is 0 Å². The second-order valence-electron chi connectivity index (χ2n) is 4.61. The Hall–Kier alpha value is -0.823. The molecule has 0 heterocycles. The summed E-state index contributed by atoms with van der Waals surface area (Å²) in [6, 6.07) is 12.7. The minimum absolute atomic E-state index is 1.10. The molecule has 1 rings (SSSR count). The topological polar surface area (TPSA) is 0 Å². The molecule has 0 aliphatic carbocycles. The van der Waals surface area contributed by atoms with Gasteiger partial charge >= 0.3 is 0 Å². The maximum atomic E-state index is 2.55. The smallest absolute Gasteiger partial charge is 0.0770 e. The van der Waals surface area contributed by atoms with Crippen molar-refractivity contribution in [1.82, 2.24) is 0 Å². The molecule has 0 spiro atoms. The maximum absolute atomic E-state index is 2.55. The molecule has 0 radical (unpaired) electrons. The Labute approximate surface area is 101 Å². The quantitative estimate of drug-likeness (QED) is 0.623. The van der Waals surface area contributed by atoms with Gasteiger partial charge in [0.2, 0.25) is 0 Å². The standard InChI is InChI=1S/C15H24Si/c1-5-16(6-2,7-3)13-12-15-11-9-8-10-14(15)4/h8-13H,5-7H2,1-4H3/b13-12+. The summed E-state index contributed by atoms with van der Waals surface area (Å²) in [6.07, 6.45) is 2.36. The van der Waals surface area contributed by atoms with E-state index in [1.807, 2.05) is 0 Å². The van der Waals surface area contributed by atoms with E-state index >= 15 is 0 Å². The van der Waals surface area contributed by atoms with Crippen LogP contribution in [-0.4, -0.2) is 8.07 Å². The lowest BCUT2D eigenvalue weighted by Gasteiger charge is -2.23. The molecule has 0 nitrogen and oxygen atoms in total. The van der Waals surface area contributed by atoms with Gasteiger partial charge in [-0.1, -0.05) is 74.9 Å².